The van der Waals surface area contributed by atoms with E-state index in [9.17, 15) is 0 Å². The molecule has 0 amide bonds. The molecule has 5 aromatic rings. The Morgan fingerprint density at radius 3 is 1.96 bits per heavy atom. The third kappa shape index (κ3) is 3.07. The second-order valence-corrected chi connectivity index (χ2v) is 7.53. The molecule has 0 saturated carbocycles. The van der Waals surface area contributed by atoms with Crippen molar-refractivity contribution in [3.8, 4) is 0 Å². The number of hydrogen-bond acceptors (Lipinski definition) is 2. The summed E-state index contributed by atoms with van der Waals surface area (Å²) in [5.74, 6) is 0. The molecule has 3 heteroatoms. The minimum Gasteiger partial charge on any atom is -0.361 e. The van der Waals surface area contributed by atoms with Crippen LogP contribution in [-0.4, -0.2) is 4.98 Å². The van der Waals surface area contributed by atoms with Gasteiger partial charge in [-0.25, -0.2) is 0 Å². The van der Waals surface area contributed by atoms with Crippen molar-refractivity contribution in [3.63, 3.8) is 0 Å². The van der Waals surface area contributed by atoms with Crippen LogP contribution < -0.4 is 5.32 Å². The summed E-state index contributed by atoms with van der Waals surface area (Å²) < 4.78 is 0. The van der Waals surface area contributed by atoms with Crippen LogP contribution in [0.25, 0.3) is 21.7 Å². The Kier molecular flexibility index (Phi) is 4.07. The Hall–Kier alpha value is -3.17. The first-order valence-electron chi connectivity index (χ1n) is 8.96. The maximum Gasteiger partial charge on any atom is 0.0533 e. The van der Waals surface area contributed by atoms with Crippen molar-refractivity contribution in [2.45, 2.75) is 9.79 Å². The lowest BCUT2D eigenvalue weighted by Gasteiger charge is -2.19. The Balaban J connectivity index is 0.000000119. The molecule has 0 aliphatic carbocycles. The number of nitrogens with one attached hydrogen (secondary N) is 2. The first-order chi connectivity index (χ1) is 13.4. The van der Waals surface area contributed by atoms with Crippen LogP contribution in [0.4, 0.5) is 11.4 Å². The zero-order chi connectivity index (χ0) is 18.1. The van der Waals surface area contributed by atoms with E-state index in [1.54, 1.807) is 0 Å². The van der Waals surface area contributed by atoms with E-state index in [1.165, 1.54) is 42.8 Å². The zero-order valence-electron chi connectivity index (χ0n) is 14.6. The summed E-state index contributed by atoms with van der Waals surface area (Å²) in [5, 5.41) is 7.28. The highest BCUT2D eigenvalue weighted by atomic mass is 32.2. The minimum absolute atomic E-state index is 1.20. The fraction of sp³-hybridized carbons (Fsp3) is 0. The van der Waals surface area contributed by atoms with Crippen LogP contribution in [-0.2, 0) is 0 Å². The van der Waals surface area contributed by atoms with Crippen molar-refractivity contribution in [1.29, 1.82) is 0 Å². The summed E-state index contributed by atoms with van der Waals surface area (Å²) in [5.41, 5.74) is 3.64. The largest absolute Gasteiger partial charge is 0.361 e. The van der Waals surface area contributed by atoms with Gasteiger partial charge >= 0.3 is 0 Å². The van der Waals surface area contributed by atoms with Crippen LogP contribution >= 0.6 is 11.8 Å². The zero-order valence-corrected chi connectivity index (χ0v) is 15.5. The molecule has 4 aromatic carbocycles. The average molecular weight is 366 g/mol. The van der Waals surface area contributed by atoms with Crippen LogP contribution in [0.1, 0.15) is 0 Å². The van der Waals surface area contributed by atoms with Crippen molar-refractivity contribution >= 4 is 44.8 Å². The Bertz CT molecular complexity index is 1150. The Morgan fingerprint density at radius 2 is 1.19 bits per heavy atom. The summed E-state index contributed by atoms with van der Waals surface area (Å²) in [4.78, 5) is 5.86. The van der Waals surface area contributed by atoms with Crippen LogP contribution in [0.3, 0.4) is 0 Å². The summed E-state index contributed by atoms with van der Waals surface area (Å²) >= 11 is 1.82. The molecule has 0 atom stereocenters. The van der Waals surface area contributed by atoms with Gasteiger partial charge in [-0.1, -0.05) is 72.4 Å². The van der Waals surface area contributed by atoms with Gasteiger partial charge in [0, 0.05) is 26.8 Å². The lowest BCUT2D eigenvalue weighted by Crippen LogP contribution is -1.98. The van der Waals surface area contributed by atoms with E-state index in [1.807, 2.05) is 18.0 Å². The molecule has 2 heterocycles. The van der Waals surface area contributed by atoms with Crippen LogP contribution in [0.15, 0.2) is 107 Å². The Morgan fingerprint density at radius 1 is 0.556 bits per heavy atom. The lowest BCUT2D eigenvalue weighted by molar-refractivity contribution is 1.32. The van der Waals surface area contributed by atoms with E-state index in [2.05, 4.69) is 101 Å². The molecule has 1 aromatic heterocycles. The van der Waals surface area contributed by atoms with Gasteiger partial charge in [-0.2, -0.15) is 0 Å². The third-order valence-electron chi connectivity index (χ3n) is 4.72. The van der Waals surface area contributed by atoms with Crippen molar-refractivity contribution in [2.75, 3.05) is 5.32 Å². The number of fused-ring (bicyclic) bond motifs is 5. The van der Waals surface area contributed by atoms with Gasteiger partial charge in [0.1, 0.15) is 0 Å². The second-order valence-electron chi connectivity index (χ2n) is 6.45. The quantitative estimate of drug-likeness (QED) is 0.297. The molecule has 1 aliphatic heterocycles. The van der Waals surface area contributed by atoms with E-state index in [0.717, 1.165) is 0 Å². The topological polar surface area (TPSA) is 27.8 Å². The van der Waals surface area contributed by atoms with E-state index >= 15 is 0 Å². The normalized spacial score (nSPS) is 11.9. The molecule has 0 unspecified atom stereocenters. The molecule has 0 radical (unpaired) electrons. The molecule has 130 valence electrons. The molecule has 27 heavy (non-hydrogen) atoms. The SMILES string of the molecule is c1ccc2c(c1)Nc1ccccc1S2.c1ccc2c(c1)ccc1cc[nH]c12. The number of para-hydroxylation sites is 2. The number of benzene rings is 4. The van der Waals surface area contributed by atoms with Crippen LogP contribution in [0, 0.1) is 0 Å². The standard InChI is InChI=1S/C12H9NS.C12H9N/c1-3-7-11-9(5-1)13-10-6-2-4-8-12(10)14-11;1-2-4-11-9(3-1)5-6-10-7-8-13-12(10)11/h1-8,13H;1-8,13H. The lowest BCUT2D eigenvalue weighted by atomic mass is 10.1. The van der Waals surface area contributed by atoms with Crippen molar-refractivity contribution < 1.29 is 0 Å². The van der Waals surface area contributed by atoms with Crippen molar-refractivity contribution in [2.24, 2.45) is 0 Å². The van der Waals surface area contributed by atoms with E-state index < -0.39 is 0 Å². The molecule has 0 bridgehead atoms. The van der Waals surface area contributed by atoms with Crippen molar-refractivity contribution in [1.82, 2.24) is 4.98 Å². The summed E-state index contributed by atoms with van der Waals surface area (Å²) in [6, 6.07) is 31.6. The predicted octanol–water partition coefficient (Wildman–Crippen LogP) is 7.22. The van der Waals surface area contributed by atoms with Crippen LogP contribution in [0.2, 0.25) is 0 Å². The number of rotatable bonds is 0. The molecule has 2 nitrogen and oxygen atoms in total. The smallest absolute Gasteiger partial charge is 0.0533 e. The molecule has 1 aliphatic rings. The average Bonchev–Trinajstić information content (AvgIpc) is 3.22. The van der Waals surface area contributed by atoms with Gasteiger partial charge in [0.05, 0.1) is 16.9 Å². The van der Waals surface area contributed by atoms with E-state index in [-0.39, 0.29) is 0 Å². The highest BCUT2D eigenvalue weighted by molar-refractivity contribution is 7.99. The van der Waals surface area contributed by atoms with Crippen molar-refractivity contribution in [3.05, 3.63) is 97.2 Å². The number of aromatic amines is 1. The molecule has 2 N–H and O–H groups in total. The number of anilines is 2. The third-order valence-corrected chi connectivity index (χ3v) is 5.87. The molecule has 0 fully saturated rings. The fourth-order valence-corrected chi connectivity index (χ4v) is 4.37. The van der Waals surface area contributed by atoms with Gasteiger partial charge in [-0.3, -0.25) is 0 Å². The van der Waals surface area contributed by atoms with Gasteiger partial charge in [0.15, 0.2) is 0 Å². The monoisotopic (exact) mass is 366 g/mol. The molecule has 0 saturated heterocycles. The van der Waals surface area contributed by atoms with Gasteiger partial charge in [-0.05, 0) is 35.7 Å². The Labute approximate surface area is 162 Å². The summed E-state index contributed by atoms with van der Waals surface area (Å²) in [7, 11) is 0. The first kappa shape index (κ1) is 16.0. The van der Waals surface area contributed by atoms with Gasteiger partial charge < -0.3 is 10.3 Å². The molecular formula is C24H18N2S. The minimum atomic E-state index is 1.20. The highest BCUT2D eigenvalue weighted by Gasteiger charge is 2.13. The second kappa shape index (κ2) is 6.86. The van der Waals surface area contributed by atoms with E-state index in [4.69, 9.17) is 0 Å². The first-order valence-corrected chi connectivity index (χ1v) is 9.78. The molecular weight excluding hydrogens is 348 g/mol. The van der Waals surface area contributed by atoms with E-state index in [0.29, 0.717) is 0 Å². The fourth-order valence-electron chi connectivity index (χ4n) is 3.38. The summed E-state index contributed by atoms with van der Waals surface area (Å²) in [6.45, 7) is 0. The maximum atomic E-state index is 3.42. The van der Waals surface area contributed by atoms with Crippen LogP contribution in [0.5, 0.6) is 0 Å². The van der Waals surface area contributed by atoms with Gasteiger partial charge in [0.2, 0.25) is 0 Å². The maximum absolute atomic E-state index is 3.42. The molecule has 0 spiro atoms. The van der Waals surface area contributed by atoms with Gasteiger partial charge in [-0.15, -0.1) is 0 Å². The number of hydrogen-bond donors (Lipinski definition) is 2. The number of aromatic nitrogens is 1. The number of H-pyrrole nitrogens is 1. The predicted molar refractivity (Wildman–Crippen MR) is 116 cm³/mol. The summed E-state index contributed by atoms with van der Waals surface area (Å²) in [6.07, 6.45) is 1.98. The van der Waals surface area contributed by atoms with Gasteiger partial charge in [0.25, 0.3) is 0 Å². The highest BCUT2D eigenvalue weighted by Crippen LogP contribution is 2.43. The molecule has 6 rings (SSSR count).